The highest BCUT2D eigenvalue weighted by Gasteiger charge is 2.19. The number of hydrogen-bond acceptors (Lipinski definition) is 5. The number of benzene rings is 1. The van der Waals surface area contributed by atoms with Crippen molar-refractivity contribution < 1.29 is 9.53 Å². The van der Waals surface area contributed by atoms with Crippen molar-refractivity contribution in [1.29, 1.82) is 0 Å². The fourth-order valence-corrected chi connectivity index (χ4v) is 2.85. The third-order valence-corrected chi connectivity index (χ3v) is 4.18. The van der Waals surface area contributed by atoms with Gasteiger partial charge < -0.3 is 15.4 Å². The molecule has 1 aliphatic rings. The number of amides is 1. The summed E-state index contributed by atoms with van der Waals surface area (Å²) in [5, 5.41) is 14.3. The van der Waals surface area contributed by atoms with Gasteiger partial charge in [-0.3, -0.25) is 4.79 Å². The van der Waals surface area contributed by atoms with Gasteiger partial charge >= 0.3 is 0 Å². The lowest BCUT2D eigenvalue weighted by Crippen LogP contribution is -2.29. The second-order valence-corrected chi connectivity index (χ2v) is 5.93. The second kappa shape index (κ2) is 8.82. The summed E-state index contributed by atoms with van der Waals surface area (Å²) in [5.74, 6) is 0.548. The molecule has 0 aliphatic carbocycles. The van der Waals surface area contributed by atoms with Crippen LogP contribution in [0.15, 0.2) is 24.4 Å². The Morgan fingerprint density at radius 3 is 2.84 bits per heavy atom. The van der Waals surface area contributed by atoms with Gasteiger partial charge in [0.05, 0.1) is 18.8 Å². The number of piperidine rings is 1. The van der Waals surface area contributed by atoms with Gasteiger partial charge in [-0.1, -0.05) is 5.21 Å². The molecule has 3 rings (SSSR count). The molecule has 1 saturated heterocycles. The van der Waals surface area contributed by atoms with Gasteiger partial charge in [0, 0.05) is 5.69 Å². The Balaban J connectivity index is 0.00000225. The van der Waals surface area contributed by atoms with Crippen LogP contribution in [0.1, 0.15) is 41.9 Å². The average Bonchev–Trinajstić information content (AvgIpc) is 3.08. The standard InChI is InChI=1S/C17H23N5O2.ClH/c1-3-24-14-4-5-15(12(2)10-14)19-17(23)16-11-22(21-20-16)13-6-8-18-9-7-13;/h4-5,10-11,13,18H,3,6-9H2,1-2H3,(H,19,23);1H. The molecule has 8 heteroatoms. The minimum Gasteiger partial charge on any atom is -0.494 e. The average molecular weight is 366 g/mol. The largest absolute Gasteiger partial charge is 0.494 e. The van der Waals surface area contributed by atoms with Crippen molar-refractivity contribution in [3.05, 3.63) is 35.7 Å². The lowest BCUT2D eigenvalue weighted by Gasteiger charge is -2.22. The first kappa shape index (κ1) is 19.2. The summed E-state index contributed by atoms with van der Waals surface area (Å²) in [6, 6.07) is 5.91. The summed E-state index contributed by atoms with van der Waals surface area (Å²) in [7, 11) is 0. The van der Waals surface area contributed by atoms with E-state index >= 15 is 0 Å². The number of hydrogen-bond donors (Lipinski definition) is 2. The normalized spacial score (nSPS) is 14.6. The molecule has 0 radical (unpaired) electrons. The monoisotopic (exact) mass is 365 g/mol. The van der Waals surface area contributed by atoms with Gasteiger partial charge in [0.2, 0.25) is 0 Å². The van der Waals surface area contributed by atoms with Crippen LogP contribution in [0.4, 0.5) is 5.69 Å². The molecule has 2 aromatic rings. The van der Waals surface area contributed by atoms with E-state index in [0.717, 1.165) is 42.9 Å². The summed E-state index contributed by atoms with van der Waals surface area (Å²) in [4.78, 5) is 12.4. The maximum absolute atomic E-state index is 12.4. The number of aryl methyl sites for hydroxylation is 1. The predicted octanol–water partition coefficient (Wildman–Crippen LogP) is 2.58. The Labute approximate surface area is 153 Å². The molecule has 2 N–H and O–H groups in total. The van der Waals surface area contributed by atoms with E-state index in [0.29, 0.717) is 18.3 Å². The Morgan fingerprint density at radius 1 is 1.40 bits per heavy atom. The molecule has 0 bridgehead atoms. The SMILES string of the molecule is CCOc1ccc(NC(=O)c2cn(C3CCNCC3)nn2)c(C)c1.Cl. The first-order valence-corrected chi connectivity index (χ1v) is 8.34. The summed E-state index contributed by atoms with van der Waals surface area (Å²) < 4.78 is 7.26. The lowest BCUT2D eigenvalue weighted by molar-refractivity contribution is 0.102. The van der Waals surface area contributed by atoms with Crippen molar-refractivity contribution in [2.24, 2.45) is 0 Å². The maximum atomic E-state index is 12.4. The third-order valence-electron chi connectivity index (χ3n) is 4.18. The van der Waals surface area contributed by atoms with Gasteiger partial charge in [-0.2, -0.15) is 0 Å². The minimum atomic E-state index is -0.248. The van der Waals surface area contributed by atoms with Gasteiger partial charge in [0.1, 0.15) is 5.75 Å². The van der Waals surface area contributed by atoms with Crippen LogP contribution in [0.3, 0.4) is 0 Å². The molecule has 0 unspecified atom stereocenters. The van der Waals surface area contributed by atoms with Gasteiger partial charge in [-0.25, -0.2) is 4.68 Å². The van der Waals surface area contributed by atoms with Gasteiger partial charge in [0.25, 0.3) is 5.91 Å². The zero-order valence-electron chi connectivity index (χ0n) is 14.5. The molecular formula is C17H24ClN5O2. The number of nitrogens with one attached hydrogen (secondary N) is 2. The molecule has 1 amide bonds. The fourth-order valence-electron chi connectivity index (χ4n) is 2.85. The molecule has 0 atom stereocenters. The van der Waals surface area contributed by atoms with E-state index in [1.165, 1.54) is 0 Å². The highest BCUT2D eigenvalue weighted by atomic mass is 35.5. The summed E-state index contributed by atoms with van der Waals surface area (Å²) >= 11 is 0. The van der Waals surface area contributed by atoms with Gasteiger partial charge in [-0.15, -0.1) is 17.5 Å². The Morgan fingerprint density at radius 2 is 2.16 bits per heavy atom. The summed E-state index contributed by atoms with van der Waals surface area (Å²) in [6.45, 7) is 6.43. The van der Waals surface area contributed by atoms with E-state index in [1.54, 1.807) is 10.9 Å². The van der Waals surface area contributed by atoms with Crippen molar-refractivity contribution in [3.8, 4) is 5.75 Å². The van der Waals surface area contributed by atoms with E-state index in [9.17, 15) is 4.79 Å². The van der Waals surface area contributed by atoms with Crippen LogP contribution in [0.25, 0.3) is 0 Å². The zero-order chi connectivity index (χ0) is 16.9. The molecule has 1 aromatic heterocycles. The van der Waals surface area contributed by atoms with Gasteiger partial charge in [-0.05, 0) is 63.5 Å². The molecule has 1 aromatic carbocycles. The van der Waals surface area contributed by atoms with Crippen molar-refractivity contribution in [2.45, 2.75) is 32.7 Å². The summed E-state index contributed by atoms with van der Waals surface area (Å²) in [5.41, 5.74) is 2.03. The molecule has 25 heavy (non-hydrogen) atoms. The van der Waals surface area contributed by atoms with Crippen molar-refractivity contribution in [3.63, 3.8) is 0 Å². The van der Waals surface area contributed by atoms with E-state index in [4.69, 9.17) is 4.74 Å². The third kappa shape index (κ3) is 4.70. The van der Waals surface area contributed by atoms with Crippen LogP contribution in [-0.4, -0.2) is 40.6 Å². The molecular weight excluding hydrogens is 342 g/mol. The van der Waals surface area contributed by atoms with Crippen LogP contribution in [0.2, 0.25) is 0 Å². The van der Waals surface area contributed by atoms with Crippen molar-refractivity contribution in [2.75, 3.05) is 25.0 Å². The number of carbonyl (C=O) groups excluding carboxylic acids is 1. The molecule has 7 nitrogen and oxygen atoms in total. The van der Waals surface area contributed by atoms with Crippen molar-refractivity contribution in [1.82, 2.24) is 20.3 Å². The number of anilines is 1. The molecule has 1 aliphatic heterocycles. The maximum Gasteiger partial charge on any atom is 0.277 e. The number of halogens is 1. The van der Waals surface area contributed by atoms with Crippen molar-refractivity contribution >= 4 is 24.0 Å². The zero-order valence-corrected chi connectivity index (χ0v) is 15.3. The minimum absolute atomic E-state index is 0. The number of rotatable bonds is 5. The van der Waals surface area contributed by atoms with Crippen LogP contribution >= 0.6 is 12.4 Å². The Kier molecular flexibility index (Phi) is 6.78. The first-order valence-electron chi connectivity index (χ1n) is 8.34. The molecule has 136 valence electrons. The predicted molar refractivity (Wildman–Crippen MR) is 98.7 cm³/mol. The van der Waals surface area contributed by atoms with Crippen LogP contribution in [-0.2, 0) is 0 Å². The highest BCUT2D eigenvalue weighted by Crippen LogP contribution is 2.22. The Hall–Kier alpha value is -2.12. The topological polar surface area (TPSA) is 81.1 Å². The van der Waals surface area contributed by atoms with Crippen LogP contribution < -0.4 is 15.4 Å². The number of nitrogens with zero attached hydrogens (tertiary/aromatic N) is 3. The number of carbonyl (C=O) groups is 1. The van der Waals surface area contributed by atoms with E-state index in [1.807, 2.05) is 32.0 Å². The fraction of sp³-hybridized carbons (Fsp3) is 0.471. The highest BCUT2D eigenvalue weighted by molar-refractivity contribution is 6.03. The lowest BCUT2D eigenvalue weighted by atomic mass is 10.1. The number of ether oxygens (including phenoxy) is 1. The van der Waals surface area contributed by atoms with Gasteiger partial charge in [0.15, 0.2) is 5.69 Å². The Bertz CT molecular complexity index is 713. The smallest absolute Gasteiger partial charge is 0.277 e. The quantitative estimate of drug-likeness (QED) is 0.851. The first-order chi connectivity index (χ1) is 11.7. The van der Waals surface area contributed by atoms with Crippen LogP contribution in [0.5, 0.6) is 5.75 Å². The molecule has 0 spiro atoms. The van der Waals surface area contributed by atoms with E-state index < -0.39 is 0 Å². The van der Waals surface area contributed by atoms with E-state index in [2.05, 4.69) is 20.9 Å². The summed E-state index contributed by atoms with van der Waals surface area (Å²) in [6.07, 6.45) is 3.74. The van der Waals surface area contributed by atoms with Crippen LogP contribution in [0, 0.1) is 6.92 Å². The molecule has 2 heterocycles. The van der Waals surface area contributed by atoms with E-state index in [-0.39, 0.29) is 18.3 Å². The molecule has 0 saturated carbocycles. The second-order valence-electron chi connectivity index (χ2n) is 5.93. The molecule has 1 fully saturated rings. The number of aromatic nitrogens is 3.